The van der Waals surface area contributed by atoms with Crippen molar-refractivity contribution in [2.75, 3.05) is 11.9 Å². The maximum absolute atomic E-state index is 5.32. The van der Waals surface area contributed by atoms with Crippen molar-refractivity contribution >= 4 is 5.82 Å². The lowest BCUT2D eigenvalue weighted by Gasteiger charge is -2.08. The lowest BCUT2D eigenvalue weighted by atomic mass is 10.1. The molecule has 2 rings (SSSR count). The largest absolute Gasteiger partial charge is 0.478 e. The third-order valence-electron chi connectivity index (χ3n) is 2.53. The number of rotatable bonds is 5. The van der Waals surface area contributed by atoms with Crippen LogP contribution in [-0.2, 0) is 6.54 Å². The van der Waals surface area contributed by atoms with Gasteiger partial charge in [0.05, 0.1) is 6.61 Å². The van der Waals surface area contributed by atoms with E-state index in [9.17, 15) is 0 Å². The summed E-state index contributed by atoms with van der Waals surface area (Å²) in [7, 11) is 0. The Morgan fingerprint density at radius 2 is 2.22 bits per heavy atom. The van der Waals surface area contributed by atoms with Gasteiger partial charge in [-0.2, -0.15) is 0 Å². The van der Waals surface area contributed by atoms with E-state index in [0.717, 1.165) is 11.4 Å². The molecule has 0 aliphatic heterocycles. The average Bonchev–Trinajstić information content (AvgIpc) is 2.39. The highest BCUT2D eigenvalue weighted by Crippen LogP contribution is 2.13. The fraction of sp³-hybridized carbons (Fsp3) is 0.308. The standard InChI is InChI=1S/C13H16N4O/c1-3-18-13-6-12(16-9-17-13)15-8-11-4-5-14-7-10(11)2/h4-7,9H,3,8H2,1-2H3,(H,15,16,17). The summed E-state index contributed by atoms with van der Waals surface area (Å²) in [5.41, 5.74) is 2.35. The third kappa shape index (κ3) is 3.16. The van der Waals surface area contributed by atoms with E-state index in [1.807, 2.05) is 26.1 Å². The number of hydrogen-bond acceptors (Lipinski definition) is 5. The first-order valence-electron chi connectivity index (χ1n) is 5.88. The first-order chi connectivity index (χ1) is 8.79. The fourth-order valence-electron chi connectivity index (χ4n) is 1.55. The summed E-state index contributed by atoms with van der Waals surface area (Å²) in [6, 6.07) is 3.78. The van der Waals surface area contributed by atoms with Crippen molar-refractivity contribution in [3.63, 3.8) is 0 Å². The molecule has 5 nitrogen and oxygen atoms in total. The Hall–Kier alpha value is -2.17. The van der Waals surface area contributed by atoms with Crippen molar-refractivity contribution < 1.29 is 4.74 Å². The highest BCUT2D eigenvalue weighted by atomic mass is 16.5. The number of pyridine rings is 1. The third-order valence-corrected chi connectivity index (χ3v) is 2.53. The monoisotopic (exact) mass is 244 g/mol. The number of aromatic nitrogens is 3. The van der Waals surface area contributed by atoms with Crippen molar-refractivity contribution in [1.29, 1.82) is 0 Å². The molecule has 0 bridgehead atoms. The van der Waals surface area contributed by atoms with Crippen LogP contribution in [0.4, 0.5) is 5.82 Å². The molecule has 5 heteroatoms. The molecule has 94 valence electrons. The van der Waals surface area contributed by atoms with Crippen LogP contribution in [0.15, 0.2) is 30.9 Å². The molecule has 0 unspecified atom stereocenters. The summed E-state index contributed by atoms with van der Waals surface area (Å²) in [6.45, 7) is 5.27. The van der Waals surface area contributed by atoms with Gasteiger partial charge in [0.15, 0.2) is 0 Å². The van der Waals surface area contributed by atoms with Crippen LogP contribution < -0.4 is 10.1 Å². The van der Waals surface area contributed by atoms with Gasteiger partial charge in [-0.3, -0.25) is 4.98 Å². The molecule has 0 amide bonds. The van der Waals surface area contributed by atoms with E-state index in [2.05, 4.69) is 20.3 Å². The van der Waals surface area contributed by atoms with Gasteiger partial charge in [0, 0.05) is 25.0 Å². The summed E-state index contributed by atoms with van der Waals surface area (Å²) in [4.78, 5) is 12.2. The van der Waals surface area contributed by atoms with Crippen molar-refractivity contribution in [2.24, 2.45) is 0 Å². The topological polar surface area (TPSA) is 59.9 Å². The smallest absolute Gasteiger partial charge is 0.218 e. The van der Waals surface area contributed by atoms with Gasteiger partial charge in [0.25, 0.3) is 0 Å². The van der Waals surface area contributed by atoms with Gasteiger partial charge in [-0.05, 0) is 31.0 Å². The Kier molecular flexibility index (Phi) is 4.06. The van der Waals surface area contributed by atoms with Gasteiger partial charge >= 0.3 is 0 Å². The first kappa shape index (κ1) is 12.3. The van der Waals surface area contributed by atoms with E-state index >= 15 is 0 Å². The van der Waals surface area contributed by atoms with E-state index in [0.29, 0.717) is 19.0 Å². The number of nitrogens with zero attached hydrogens (tertiary/aromatic N) is 3. The molecule has 0 fully saturated rings. The Morgan fingerprint density at radius 1 is 1.33 bits per heavy atom. The Labute approximate surface area is 106 Å². The summed E-state index contributed by atoms with van der Waals surface area (Å²) >= 11 is 0. The molecule has 2 aromatic rings. The van der Waals surface area contributed by atoms with Crippen molar-refractivity contribution in [2.45, 2.75) is 20.4 Å². The second-order valence-corrected chi connectivity index (χ2v) is 3.83. The summed E-state index contributed by atoms with van der Waals surface area (Å²) in [6.07, 6.45) is 5.13. The Morgan fingerprint density at radius 3 is 3.00 bits per heavy atom. The average molecular weight is 244 g/mol. The van der Waals surface area contributed by atoms with Gasteiger partial charge in [-0.1, -0.05) is 0 Å². The van der Waals surface area contributed by atoms with Crippen LogP contribution in [0, 0.1) is 6.92 Å². The van der Waals surface area contributed by atoms with E-state index in [4.69, 9.17) is 4.74 Å². The van der Waals surface area contributed by atoms with Crippen LogP contribution in [-0.4, -0.2) is 21.6 Å². The normalized spacial score (nSPS) is 10.1. The van der Waals surface area contributed by atoms with Crippen LogP contribution in [0.25, 0.3) is 0 Å². The SMILES string of the molecule is CCOc1cc(NCc2ccncc2C)ncn1. The number of hydrogen-bond donors (Lipinski definition) is 1. The van der Waals surface area contributed by atoms with Crippen LogP contribution >= 0.6 is 0 Å². The second-order valence-electron chi connectivity index (χ2n) is 3.83. The minimum Gasteiger partial charge on any atom is -0.478 e. The molecule has 0 aliphatic rings. The molecule has 2 aromatic heterocycles. The quantitative estimate of drug-likeness (QED) is 0.873. The summed E-state index contributed by atoms with van der Waals surface area (Å²) in [5, 5.41) is 3.24. The number of nitrogens with one attached hydrogen (secondary N) is 1. The Bertz CT molecular complexity index is 516. The zero-order valence-corrected chi connectivity index (χ0v) is 10.6. The van der Waals surface area contributed by atoms with E-state index in [1.54, 1.807) is 12.3 Å². The summed E-state index contributed by atoms with van der Waals surface area (Å²) < 4.78 is 5.32. The van der Waals surface area contributed by atoms with Gasteiger partial charge in [-0.25, -0.2) is 9.97 Å². The highest BCUT2D eigenvalue weighted by molar-refractivity contribution is 5.38. The minimum absolute atomic E-state index is 0.585. The predicted molar refractivity (Wildman–Crippen MR) is 69.5 cm³/mol. The molecule has 0 saturated carbocycles. The molecule has 2 heterocycles. The lowest BCUT2D eigenvalue weighted by Crippen LogP contribution is -2.04. The zero-order chi connectivity index (χ0) is 12.8. The summed E-state index contributed by atoms with van der Waals surface area (Å²) in [5.74, 6) is 1.34. The van der Waals surface area contributed by atoms with Crippen molar-refractivity contribution in [1.82, 2.24) is 15.0 Å². The van der Waals surface area contributed by atoms with Crippen LogP contribution in [0.1, 0.15) is 18.1 Å². The van der Waals surface area contributed by atoms with Crippen LogP contribution in [0.5, 0.6) is 5.88 Å². The van der Waals surface area contributed by atoms with Crippen molar-refractivity contribution in [3.05, 3.63) is 42.0 Å². The molecule has 0 aromatic carbocycles. The second kappa shape index (κ2) is 5.95. The molecule has 0 spiro atoms. The highest BCUT2D eigenvalue weighted by Gasteiger charge is 2.01. The molecule has 18 heavy (non-hydrogen) atoms. The van der Waals surface area contributed by atoms with Crippen LogP contribution in [0.2, 0.25) is 0 Å². The molecule has 0 aliphatic carbocycles. The first-order valence-corrected chi connectivity index (χ1v) is 5.88. The van der Waals surface area contributed by atoms with E-state index in [1.165, 1.54) is 11.9 Å². The fourth-order valence-corrected chi connectivity index (χ4v) is 1.55. The molecule has 0 saturated heterocycles. The van der Waals surface area contributed by atoms with E-state index in [-0.39, 0.29) is 0 Å². The number of anilines is 1. The maximum Gasteiger partial charge on any atom is 0.218 e. The predicted octanol–water partition coefficient (Wildman–Crippen LogP) is 2.19. The van der Waals surface area contributed by atoms with Gasteiger partial charge in [0.1, 0.15) is 12.1 Å². The number of aryl methyl sites for hydroxylation is 1. The maximum atomic E-state index is 5.32. The van der Waals surface area contributed by atoms with Crippen LogP contribution in [0.3, 0.4) is 0 Å². The van der Waals surface area contributed by atoms with Gasteiger partial charge < -0.3 is 10.1 Å². The molecule has 0 radical (unpaired) electrons. The minimum atomic E-state index is 0.585. The molecule has 0 atom stereocenters. The molecular formula is C13H16N4O. The van der Waals surface area contributed by atoms with E-state index < -0.39 is 0 Å². The van der Waals surface area contributed by atoms with Gasteiger partial charge in [0.2, 0.25) is 5.88 Å². The zero-order valence-electron chi connectivity index (χ0n) is 10.6. The molecular weight excluding hydrogens is 228 g/mol. The van der Waals surface area contributed by atoms with Gasteiger partial charge in [-0.15, -0.1) is 0 Å². The van der Waals surface area contributed by atoms with Crippen molar-refractivity contribution in [3.8, 4) is 5.88 Å². The number of ether oxygens (including phenoxy) is 1. The molecule has 1 N–H and O–H groups in total. The Balaban J connectivity index is 2.02. The lowest BCUT2D eigenvalue weighted by molar-refractivity contribution is 0.326.